The summed E-state index contributed by atoms with van der Waals surface area (Å²) in [6, 6.07) is 17.6. The molecule has 0 saturated heterocycles. The lowest BCUT2D eigenvalue weighted by Gasteiger charge is -2.17. The van der Waals surface area contributed by atoms with Gasteiger partial charge < -0.3 is 5.73 Å². The molecule has 0 atom stereocenters. The van der Waals surface area contributed by atoms with Crippen molar-refractivity contribution in [3.8, 4) is 11.8 Å². The minimum atomic E-state index is -0.101. The number of benzene rings is 2. The van der Waals surface area contributed by atoms with Crippen molar-refractivity contribution >= 4 is 27.6 Å². The fourth-order valence-electron chi connectivity index (χ4n) is 4.16. The molecule has 0 radical (unpaired) electrons. The van der Waals surface area contributed by atoms with E-state index in [0.717, 1.165) is 22.2 Å². The molecule has 32 heavy (non-hydrogen) atoms. The number of pyridine rings is 1. The van der Waals surface area contributed by atoms with Crippen LogP contribution in [0.25, 0.3) is 27.5 Å². The largest absolute Gasteiger partial charge is 0.383 e. The van der Waals surface area contributed by atoms with E-state index in [2.05, 4.69) is 21.1 Å². The van der Waals surface area contributed by atoms with Crippen molar-refractivity contribution in [3.05, 3.63) is 87.7 Å². The molecule has 2 aromatic carbocycles. The Morgan fingerprint density at radius 3 is 2.59 bits per heavy atom. The summed E-state index contributed by atoms with van der Waals surface area (Å²) in [6.45, 7) is 4.13. The minimum absolute atomic E-state index is 0.101. The average molecular weight is 421 g/mol. The number of hydrogen-bond acceptors (Lipinski definition) is 6. The molecule has 0 bridgehead atoms. The Morgan fingerprint density at radius 2 is 1.81 bits per heavy atom. The predicted molar refractivity (Wildman–Crippen MR) is 123 cm³/mol. The molecule has 0 amide bonds. The summed E-state index contributed by atoms with van der Waals surface area (Å²) in [5, 5.41) is 15.9. The Bertz CT molecular complexity index is 1620. The zero-order valence-corrected chi connectivity index (χ0v) is 17.6. The SMILES string of the molecule is Cc1ccccc1-n1c(Cn2nc(C#N)c3c(N)ncnc32)cc2cccc(C)c2c1=O. The number of nitriles is 1. The Hall–Kier alpha value is -4.51. The topological polar surface area (TPSA) is 115 Å². The smallest absolute Gasteiger partial charge is 0.263 e. The average Bonchev–Trinajstić information content (AvgIpc) is 3.14. The van der Waals surface area contributed by atoms with Crippen molar-refractivity contribution in [3.63, 3.8) is 0 Å². The standard InChI is InChI=1S/C24H19N7O/c1-14-6-3-4-9-19(14)31-17(10-16-8-5-7-15(2)20(16)24(31)32)12-30-23-21(18(11-25)29-30)22(26)27-13-28-23/h3-10,13H,12H2,1-2H3,(H2,26,27,28). The number of nitrogens with zero attached hydrogens (tertiary/aromatic N) is 6. The predicted octanol–water partition coefficient (Wildman–Crippen LogP) is 3.25. The van der Waals surface area contributed by atoms with E-state index in [0.29, 0.717) is 22.1 Å². The van der Waals surface area contributed by atoms with Crippen molar-refractivity contribution in [2.45, 2.75) is 20.4 Å². The van der Waals surface area contributed by atoms with Crippen molar-refractivity contribution in [2.24, 2.45) is 0 Å². The molecule has 0 unspecified atom stereocenters. The second-order valence-electron chi connectivity index (χ2n) is 7.68. The molecular weight excluding hydrogens is 402 g/mol. The van der Waals surface area contributed by atoms with Crippen molar-refractivity contribution < 1.29 is 0 Å². The van der Waals surface area contributed by atoms with E-state index in [1.165, 1.54) is 6.33 Å². The molecule has 3 aromatic heterocycles. The molecule has 0 spiro atoms. The summed E-state index contributed by atoms with van der Waals surface area (Å²) in [7, 11) is 0. The zero-order chi connectivity index (χ0) is 22.4. The Balaban J connectivity index is 1.82. The van der Waals surface area contributed by atoms with E-state index >= 15 is 0 Å². The van der Waals surface area contributed by atoms with E-state index in [1.807, 2.05) is 62.4 Å². The van der Waals surface area contributed by atoms with Crippen LogP contribution in [0.2, 0.25) is 0 Å². The summed E-state index contributed by atoms with van der Waals surface area (Å²) >= 11 is 0. The lowest BCUT2D eigenvalue weighted by Crippen LogP contribution is -2.25. The highest BCUT2D eigenvalue weighted by Crippen LogP contribution is 2.24. The molecule has 5 rings (SSSR count). The van der Waals surface area contributed by atoms with E-state index in [4.69, 9.17) is 5.73 Å². The van der Waals surface area contributed by atoms with Gasteiger partial charge in [0.05, 0.1) is 23.0 Å². The number of fused-ring (bicyclic) bond motifs is 2. The Labute approximate surface area is 183 Å². The zero-order valence-electron chi connectivity index (χ0n) is 17.6. The third kappa shape index (κ3) is 2.91. The molecule has 156 valence electrons. The van der Waals surface area contributed by atoms with Crippen LogP contribution >= 0.6 is 0 Å². The molecule has 0 aliphatic carbocycles. The Kier molecular flexibility index (Phi) is 4.45. The van der Waals surface area contributed by atoms with Gasteiger partial charge in [0.15, 0.2) is 11.3 Å². The van der Waals surface area contributed by atoms with Gasteiger partial charge in [0.2, 0.25) is 0 Å². The maximum Gasteiger partial charge on any atom is 0.263 e. The summed E-state index contributed by atoms with van der Waals surface area (Å²) < 4.78 is 3.31. The summed E-state index contributed by atoms with van der Waals surface area (Å²) in [5.74, 6) is 0.197. The second kappa shape index (κ2) is 7.32. The van der Waals surface area contributed by atoms with Crippen LogP contribution in [0.4, 0.5) is 5.82 Å². The first-order chi connectivity index (χ1) is 15.5. The van der Waals surface area contributed by atoms with Gasteiger partial charge in [-0.05, 0) is 42.5 Å². The monoisotopic (exact) mass is 421 g/mol. The van der Waals surface area contributed by atoms with E-state index < -0.39 is 0 Å². The highest BCUT2D eigenvalue weighted by molar-refractivity contribution is 5.90. The van der Waals surface area contributed by atoms with Gasteiger partial charge in [0.25, 0.3) is 5.56 Å². The number of anilines is 1. The molecule has 0 aliphatic rings. The van der Waals surface area contributed by atoms with Gasteiger partial charge >= 0.3 is 0 Å². The van der Waals surface area contributed by atoms with Gasteiger partial charge in [0, 0.05) is 5.69 Å². The maximum absolute atomic E-state index is 13.7. The number of hydrogen-bond donors (Lipinski definition) is 1. The van der Waals surface area contributed by atoms with E-state index in [1.54, 1.807) is 9.25 Å². The Morgan fingerprint density at radius 1 is 1.03 bits per heavy atom. The van der Waals surface area contributed by atoms with Gasteiger partial charge in [-0.3, -0.25) is 9.36 Å². The van der Waals surface area contributed by atoms with Crippen LogP contribution in [0.5, 0.6) is 0 Å². The maximum atomic E-state index is 13.7. The first kappa shape index (κ1) is 19.5. The number of nitrogens with two attached hydrogens (primary N) is 1. The van der Waals surface area contributed by atoms with Crippen LogP contribution in [-0.4, -0.2) is 24.3 Å². The van der Waals surface area contributed by atoms with Gasteiger partial charge in [-0.15, -0.1) is 0 Å². The number of para-hydroxylation sites is 1. The molecule has 2 N–H and O–H groups in total. The highest BCUT2D eigenvalue weighted by Gasteiger charge is 2.19. The van der Waals surface area contributed by atoms with E-state index in [-0.39, 0.29) is 23.6 Å². The second-order valence-corrected chi connectivity index (χ2v) is 7.68. The number of rotatable bonds is 3. The van der Waals surface area contributed by atoms with Crippen molar-refractivity contribution in [1.29, 1.82) is 5.26 Å². The van der Waals surface area contributed by atoms with Crippen LogP contribution in [0, 0.1) is 25.2 Å². The lowest BCUT2D eigenvalue weighted by molar-refractivity contribution is 0.667. The van der Waals surface area contributed by atoms with Crippen LogP contribution in [-0.2, 0) is 6.54 Å². The molecule has 8 nitrogen and oxygen atoms in total. The first-order valence-corrected chi connectivity index (χ1v) is 10.1. The van der Waals surface area contributed by atoms with E-state index in [9.17, 15) is 10.1 Å². The third-order valence-corrected chi connectivity index (χ3v) is 5.66. The van der Waals surface area contributed by atoms with Gasteiger partial charge in [0.1, 0.15) is 18.2 Å². The summed E-state index contributed by atoms with van der Waals surface area (Å²) in [4.78, 5) is 22.0. The molecule has 0 saturated carbocycles. The first-order valence-electron chi connectivity index (χ1n) is 10.1. The molecule has 3 heterocycles. The van der Waals surface area contributed by atoms with Gasteiger partial charge in [-0.2, -0.15) is 10.4 Å². The summed E-state index contributed by atoms with van der Waals surface area (Å²) in [5.41, 5.74) is 9.88. The highest BCUT2D eigenvalue weighted by atomic mass is 16.1. The third-order valence-electron chi connectivity index (χ3n) is 5.66. The fraction of sp³-hybridized carbons (Fsp3) is 0.125. The lowest BCUT2D eigenvalue weighted by atomic mass is 10.1. The van der Waals surface area contributed by atoms with Crippen molar-refractivity contribution in [2.75, 3.05) is 5.73 Å². The fourth-order valence-corrected chi connectivity index (χ4v) is 4.16. The molecule has 0 fully saturated rings. The number of aryl methyl sites for hydroxylation is 2. The molecule has 5 aromatic rings. The minimum Gasteiger partial charge on any atom is -0.383 e. The molecule has 8 heteroatoms. The van der Waals surface area contributed by atoms with Crippen LogP contribution in [0.3, 0.4) is 0 Å². The molecular formula is C24H19N7O. The quantitative estimate of drug-likeness (QED) is 0.478. The summed E-state index contributed by atoms with van der Waals surface area (Å²) in [6.07, 6.45) is 1.34. The number of aromatic nitrogens is 5. The van der Waals surface area contributed by atoms with Crippen LogP contribution in [0.15, 0.2) is 59.7 Å². The van der Waals surface area contributed by atoms with Crippen molar-refractivity contribution in [1.82, 2.24) is 24.3 Å². The van der Waals surface area contributed by atoms with Crippen LogP contribution < -0.4 is 11.3 Å². The van der Waals surface area contributed by atoms with Crippen LogP contribution in [0.1, 0.15) is 22.5 Å². The normalized spacial score (nSPS) is 11.2. The van der Waals surface area contributed by atoms with Gasteiger partial charge in [-0.25, -0.2) is 14.6 Å². The molecule has 0 aliphatic heterocycles. The number of nitrogen functional groups attached to an aromatic ring is 1. The van der Waals surface area contributed by atoms with Gasteiger partial charge in [-0.1, -0.05) is 36.4 Å².